The Bertz CT molecular complexity index is 1280. The summed E-state index contributed by atoms with van der Waals surface area (Å²) in [4.78, 5) is 21.1. The Kier molecular flexibility index (Phi) is 6.65. The third kappa shape index (κ3) is 4.55. The number of amides is 1. The number of hydrogen-bond acceptors (Lipinski definition) is 7. The Labute approximate surface area is 206 Å². The van der Waals surface area contributed by atoms with Gasteiger partial charge >= 0.3 is 0 Å². The Morgan fingerprint density at radius 1 is 1.14 bits per heavy atom. The minimum Gasteiger partial charge on any atom is -0.380 e. The number of nitrogens with zero attached hydrogens (tertiary/aromatic N) is 5. The number of benzene rings is 1. The van der Waals surface area contributed by atoms with E-state index < -0.39 is 23.8 Å². The van der Waals surface area contributed by atoms with Crippen molar-refractivity contribution >= 4 is 28.3 Å². The van der Waals surface area contributed by atoms with Gasteiger partial charge in [0.25, 0.3) is 6.43 Å². The van der Waals surface area contributed by atoms with Gasteiger partial charge in [-0.05, 0) is 19.9 Å². The second kappa shape index (κ2) is 9.88. The number of alkyl halides is 2. The van der Waals surface area contributed by atoms with E-state index in [0.29, 0.717) is 61.8 Å². The number of carbonyl (C=O) groups excluding carboxylic acids is 1. The summed E-state index contributed by atoms with van der Waals surface area (Å²) in [6, 6.07) is 5.28. The number of pyridine rings is 1. The van der Waals surface area contributed by atoms with Crippen molar-refractivity contribution in [2.45, 2.75) is 26.3 Å². The highest BCUT2D eigenvalue weighted by molar-refractivity contribution is 5.92. The molecule has 1 amide bonds. The fraction of sp³-hybridized carbons (Fsp3) is 0.440. The molecule has 5 rings (SSSR count). The molecule has 0 spiro atoms. The lowest BCUT2D eigenvalue weighted by Crippen LogP contribution is -2.53. The van der Waals surface area contributed by atoms with Crippen molar-refractivity contribution in [3.63, 3.8) is 0 Å². The molecule has 1 N–H and O–H groups in total. The van der Waals surface area contributed by atoms with Crippen molar-refractivity contribution in [1.29, 1.82) is 0 Å². The number of hydrogen-bond donors (Lipinski definition) is 1. The van der Waals surface area contributed by atoms with Gasteiger partial charge in [-0.1, -0.05) is 18.2 Å². The van der Waals surface area contributed by atoms with E-state index in [4.69, 9.17) is 4.74 Å². The number of nitrogens with one attached hydrogen (secondary N) is 1. The lowest BCUT2D eigenvalue weighted by Gasteiger charge is -2.39. The third-order valence-corrected chi connectivity index (χ3v) is 6.83. The van der Waals surface area contributed by atoms with Crippen LogP contribution in [0.25, 0.3) is 10.9 Å². The van der Waals surface area contributed by atoms with E-state index in [0.717, 1.165) is 11.8 Å². The van der Waals surface area contributed by atoms with Gasteiger partial charge in [-0.3, -0.25) is 9.78 Å². The predicted octanol–water partition coefficient (Wildman–Crippen LogP) is 3.88. The van der Waals surface area contributed by atoms with E-state index in [1.165, 1.54) is 12.1 Å². The first-order chi connectivity index (χ1) is 17.3. The molecular formula is C25H27F3N6O2. The summed E-state index contributed by atoms with van der Waals surface area (Å²) < 4.78 is 46.2. The monoisotopic (exact) mass is 500 g/mol. The van der Waals surface area contributed by atoms with Crippen LogP contribution in [-0.2, 0) is 9.53 Å². The molecule has 3 aromatic rings. The van der Waals surface area contributed by atoms with Crippen LogP contribution in [0.15, 0.2) is 30.5 Å². The van der Waals surface area contributed by atoms with Crippen LogP contribution in [0.5, 0.6) is 0 Å². The molecule has 2 aliphatic heterocycles. The summed E-state index contributed by atoms with van der Waals surface area (Å²) in [5.74, 6) is -0.427. The minimum atomic E-state index is -2.90. The molecule has 2 saturated heterocycles. The van der Waals surface area contributed by atoms with E-state index >= 15 is 0 Å². The van der Waals surface area contributed by atoms with Gasteiger partial charge in [-0.15, -0.1) is 5.10 Å². The zero-order chi connectivity index (χ0) is 25.4. The van der Waals surface area contributed by atoms with Crippen molar-refractivity contribution in [2.24, 2.45) is 5.92 Å². The summed E-state index contributed by atoms with van der Waals surface area (Å²) in [6.07, 6.45) is -1.13. The molecule has 0 aliphatic carbocycles. The zero-order valence-electron chi connectivity index (χ0n) is 20.0. The van der Waals surface area contributed by atoms with Crippen LogP contribution >= 0.6 is 0 Å². The second-order valence-electron chi connectivity index (χ2n) is 9.19. The maximum absolute atomic E-state index is 14.7. The molecule has 36 heavy (non-hydrogen) atoms. The SMILES string of the molecule is Cc1nnc(NC(C)c2cccc(C(F)F)c2F)c2cc(N3CCN(C(=O)C4COC4)CC3)cnc12. The Morgan fingerprint density at radius 2 is 1.86 bits per heavy atom. The molecule has 0 bridgehead atoms. The molecule has 1 atom stereocenters. The first-order valence-electron chi connectivity index (χ1n) is 11.9. The van der Waals surface area contributed by atoms with E-state index in [1.54, 1.807) is 20.0 Å². The van der Waals surface area contributed by atoms with Crippen molar-refractivity contribution in [3.8, 4) is 0 Å². The number of aromatic nitrogens is 3. The highest BCUT2D eigenvalue weighted by Crippen LogP contribution is 2.32. The van der Waals surface area contributed by atoms with Crippen LogP contribution < -0.4 is 10.2 Å². The normalized spacial score (nSPS) is 17.4. The van der Waals surface area contributed by atoms with E-state index in [1.807, 2.05) is 11.0 Å². The fourth-order valence-electron chi connectivity index (χ4n) is 4.60. The summed E-state index contributed by atoms with van der Waals surface area (Å²) in [5.41, 5.74) is 1.64. The maximum atomic E-state index is 14.7. The zero-order valence-corrected chi connectivity index (χ0v) is 20.0. The Morgan fingerprint density at radius 3 is 2.53 bits per heavy atom. The molecule has 1 unspecified atom stereocenters. The van der Waals surface area contributed by atoms with Crippen molar-refractivity contribution < 1.29 is 22.7 Å². The van der Waals surface area contributed by atoms with Gasteiger partial charge in [-0.2, -0.15) is 5.10 Å². The lowest BCUT2D eigenvalue weighted by molar-refractivity contribution is -0.150. The smallest absolute Gasteiger partial charge is 0.266 e. The van der Waals surface area contributed by atoms with Crippen molar-refractivity contribution in [3.05, 3.63) is 53.1 Å². The lowest BCUT2D eigenvalue weighted by atomic mass is 10.0. The van der Waals surface area contributed by atoms with Crippen LogP contribution in [-0.4, -0.2) is 65.4 Å². The maximum Gasteiger partial charge on any atom is 0.266 e. The Balaban J connectivity index is 1.38. The number of anilines is 2. The molecule has 0 radical (unpaired) electrons. The number of fused-ring (bicyclic) bond motifs is 1. The highest BCUT2D eigenvalue weighted by atomic mass is 19.3. The van der Waals surface area contributed by atoms with Crippen LogP contribution in [0.2, 0.25) is 0 Å². The van der Waals surface area contributed by atoms with E-state index in [9.17, 15) is 18.0 Å². The average molecular weight is 501 g/mol. The van der Waals surface area contributed by atoms with Gasteiger partial charge in [0.05, 0.1) is 53.8 Å². The number of aryl methyl sites for hydroxylation is 1. The first kappa shape index (κ1) is 24.2. The van der Waals surface area contributed by atoms with Crippen LogP contribution in [0.1, 0.15) is 36.2 Å². The van der Waals surface area contributed by atoms with Crippen molar-refractivity contribution in [2.75, 3.05) is 49.6 Å². The molecule has 4 heterocycles. The van der Waals surface area contributed by atoms with E-state index in [2.05, 4.69) is 25.4 Å². The van der Waals surface area contributed by atoms with Crippen molar-refractivity contribution in [1.82, 2.24) is 20.1 Å². The number of ether oxygens (including phenoxy) is 1. The van der Waals surface area contributed by atoms with Gasteiger partial charge < -0.3 is 19.9 Å². The summed E-state index contributed by atoms with van der Waals surface area (Å²) in [5, 5.41) is 12.3. The largest absolute Gasteiger partial charge is 0.380 e. The third-order valence-electron chi connectivity index (χ3n) is 6.83. The molecule has 190 valence electrons. The molecule has 11 heteroatoms. The van der Waals surface area contributed by atoms with Gasteiger partial charge in [-0.25, -0.2) is 13.2 Å². The molecule has 1 aromatic carbocycles. The quantitative estimate of drug-likeness (QED) is 0.550. The highest BCUT2D eigenvalue weighted by Gasteiger charge is 2.32. The van der Waals surface area contributed by atoms with E-state index in [-0.39, 0.29) is 17.4 Å². The minimum absolute atomic E-state index is 0.0257. The van der Waals surface area contributed by atoms with Crippen LogP contribution in [0.3, 0.4) is 0 Å². The molecule has 8 nitrogen and oxygen atoms in total. The summed E-state index contributed by atoms with van der Waals surface area (Å²) >= 11 is 0. The molecular weight excluding hydrogens is 473 g/mol. The number of piperazine rings is 1. The van der Waals surface area contributed by atoms with Gasteiger partial charge in [0.15, 0.2) is 5.82 Å². The standard InChI is InChI=1S/C25H27F3N6O2/c1-14(18-4-3-5-19(21(18)26)23(27)28)30-24-20-10-17(11-29-22(20)15(2)31-32-24)33-6-8-34(9-7-33)25(35)16-12-36-13-16/h3-5,10-11,14,16,23H,6-9,12-13H2,1-2H3,(H,30,32). The van der Waals surface area contributed by atoms with Gasteiger partial charge in [0, 0.05) is 37.1 Å². The summed E-state index contributed by atoms with van der Waals surface area (Å²) in [6.45, 7) is 7.03. The van der Waals surface area contributed by atoms with Crippen LogP contribution in [0, 0.1) is 18.7 Å². The molecule has 2 aliphatic rings. The van der Waals surface area contributed by atoms with Gasteiger partial charge in [0.2, 0.25) is 5.91 Å². The van der Waals surface area contributed by atoms with Gasteiger partial charge in [0.1, 0.15) is 5.82 Å². The fourth-order valence-corrected chi connectivity index (χ4v) is 4.60. The predicted molar refractivity (Wildman–Crippen MR) is 129 cm³/mol. The topological polar surface area (TPSA) is 83.5 Å². The molecule has 2 fully saturated rings. The molecule has 2 aromatic heterocycles. The second-order valence-corrected chi connectivity index (χ2v) is 9.19. The number of halogens is 3. The summed E-state index contributed by atoms with van der Waals surface area (Å²) in [7, 11) is 0. The molecule has 0 saturated carbocycles. The average Bonchev–Trinajstić information content (AvgIpc) is 2.84. The van der Waals surface area contributed by atoms with Crippen LogP contribution in [0.4, 0.5) is 24.7 Å². The first-order valence-corrected chi connectivity index (χ1v) is 11.9. The number of carbonyl (C=O) groups is 1. The Hall–Kier alpha value is -3.47. The number of rotatable bonds is 6.